The van der Waals surface area contributed by atoms with Gasteiger partial charge in [0.2, 0.25) is 0 Å². The molecule has 1 aromatic heterocycles. The summed E-state index contributed by atoms with van der Waals surface area (Å²) in [5, 5.41) is 9.71. The highest BCUT2D eigenvalue weighted by Gasteiger charge is 2.20. The summed E-state index contributed by atoms with van der Waals surface area (Å²) in [6.07, 6.45) is 1.42. The highest BCUT2D eigenvalue weighted by molar-refractivity contribution is 7.99. The molecule has 0 radical (unpaired) electrons. The van der Waals surface area contributed by atoms with Gasteiger partial charge in [0, 0.05) is 11.6 Å². The maximum Gasteiger partial charge on any atom is 0.316 e. The summed E-state index contributed by atoms with van der Waals surface area (Å²) in [7, 11) is 0. The van der Waals surface area contributed by atoms with E-state index in [0.29, 0.717) is 29.2 Å². The van der Waals surface area contributed by atoms with Crippen LogP contribution in [0.1, 0.15) is 31.3 Å². The van der Waals surface area contributed by atoms with Gasteiger partial charge in [-0.2, -0.15) is 0 Å². The Morgan fingerprint density at radius 3 is 2.88 bits per heavy atom. The maximum atomic E-state index is 11.6. The first-order valence-corrected chi connectivity index (χ1v) is 9.57. The molecule has 26 heavy (non-hydrogen) atoms. The zero-order valence-corrected chi connectivity index (χ0v) is 16.6. The van der Waals surface area contributed by atoms with E-state index < -0.39 is 0 Å². The number of aromatic nitrogens is 3. The minimum Gasteiger partial charge on any atom is -0.482 e. The Bertz CT molecular complexity index is 779. The first-order valence-electron chi connectivity index (χ1n) is 8.21. The molecule has 1 atom stereocenters. The van der Waals surface area contributed by atoms with E-state index in [1.165, 1.54) is 11.8 Å². The lowest BCUT2D eigenvalue weighted by Gasteiger charge is -2.17. The van der Waals surface area contributed by atoms with E-state index in [2.05, 4.69) is 16.8 Å². The monoisotopic (exact) mass is 395 g/mol. The minimum atomic E-state index is -0.334. The number of rotatable bonds is 9. The normalized spacial score (nSPS) is 11.8. The molecule has 0 N–H and O–H groups in total. The highest BCUT2D eigenvalue weighted by Crippen LogP contribution is 2.28. The summed E-state index contributed by atoms with van der Waals surface area (Å²) in [6.45, 7) is 10.3. The number of hydrogen-bond donors (Lipinski definition) is 0. The molecule has 6 nitrogen and oxygen atoms in total. The molecule has 140 valence electrons. The lowest BCUT2D eigenvalue weighted by atomic mass is 10.2. The number of esters is 1. The third-order valence-corrected chi connectivity index (χ3v) is 4.66. The molecule has 1 heterocycles. The van der Waals surface area contributed by atoms with Crippen LogP contribution >= 0.6 is 23.4 Å². The number of thioether (sulfide) groups is 1. The van der Waals surface area contributed by atoms with E-state index >= 15 is 0 Å². The zero-order chi connectivity index (χ0) is 19.1. The van der Waals surface area contributed by atoms with Crippen molar-refractivity contribution in [2.24, 2.45) is 0 Å². The van der Waals surface area contributed by atoms with Gasteiger partial charge in [0.25, 0.3) is 0 Å². The number of carbonyl (C=O) groups is 1. The molecule has 0 bridgehead atoms. The first kappa shape index (κ1) is 20.3. The molecule has 0 spiro atoms. The van der Waals surface area contributed by atoms with Gasteiger partial charge in [0.1, 0.15) is 5.75 Å². The van der Waals surface area contributed by atoms with Gasteiger partial charge in [-0.15, -0.1) is 16.8 Å². The Hall–Kier alpha value is -1.99. The van der Waals surface area contributed by atoms with Crippen LogP contribution in [0.3, 0.4) is 0 Å². The van der Waals surface area contributed by atoms with Gasteiger partial charge in [-0.25, -0.2) is 0 Å². The van der Waals surface area contributed by atoms with Crippen molar-refractivity contribution in [1.29, 1.82) is 0 Å². The zero-order valence-electron chi connectivity index (χ0n) is 15.1. The van der Waals surface area contributed by atoms with Crippen molar-refractivity contribution in [3.63, 3.8) is 0 Å². The van der Waals surface area contributed by atoms with Gasteiger partial charge >= 0.3 is 5.97 Å². The molecular weight excluding hydrogens is 374 g/mol. The van der Waals surface area contributed by atoms with Gasteiger partial charge in [0.15, 0.2) is 17.1 Å². The largest absolute Gasteiger partial charge is 0.482 e. The van der Waals surface area contributed by atoms with Crippen molar-refractivity contribution in [3.05, 3.63) is 47.3 Å². The van der Waals surface area contributed by atoms with Crippen LogP contribution in [0.15, 0.2) is 36.0 Å². The van der Waals surface area contributed by atoms with Crippen LogP contribution in [-0.4, -0.2) is 33.1 Å². The summed E-state index contributed by atoms with van der Waals surface area (Å²) in [6, 6.07) is 5.46. The van der Waals surface area contributed by atoms with Crippen LogP contribution in [0.4, 0.5) is 0 Å². The van der Waals surface area contributed by atoms with E-state index in [1.54, 1.807) is 19.1 Å². The van der Waals surface area contributed by atoms with E-state index in [-0.39, 0.29) is 17.8 Å². The first-order chi connectivity index (χ1) is 12.5. The summed E-state index contributed by atoms with van der Waals surface area (Å²) in [5.41, 5.74) is 0.941. The molecule has 0 saturated carbocycles. The number of halogens is 1. The van der Waals surface area contributed by atoms with Gasteiger partial charge in [-0.1, -0.05) is 29.4 Å². The minimum absolute atomic E-state index is 0.175. The van der Waals surface area contributed by atoms with Crippen LogP contribution in [0, 0.1) is 6.92 Å². The average molecular weight is 396 g/mol. The second kappa shape index (κ2) is 9.64. The smallest absolute Gasteiger partial charge is 0.316 e. The Morgan fingerprint density at radius 1 is 1.46 bits per heavy atom. The molecule has 2 rings (SSSR count). The summed E-state index contributed by atoms with van der Waals surface area (Å²) >= 11 is 7.27. The summed E-state index contributed by atoms with van der Waals surface area (Å²) < 4.78 is 12.9. The number of allylic oxidation sites excluding steroid dienone is 1. The Balaban J connectivity index is 2.16. The number of aryl methyl sites for hydroxylation is 1. The van der Waals surface area contributed by atoms with E-state index in [9.17, 15) is 4.79 Å². The lowest BCUT2D eigenvalue weighted by molar-refractivity contribution is -0.139. The van der Waals surface area contributed by atoms with Crippen LogP contribution in [-0.2, 0) is 16.1 Å². The second-order valence-electron chi connectivity index (χ2n) is 5.50. The molecule has 0 aliphatic rings. The Kier molecular flexibility index (Phi) is 7.53. The topological polar surface area (TPSA) is 66.2 Å². The lowest BCUT2D eigenvalue weighted by Crippen LogP contribution is -2.13. The van der Waals surface area contributed by atoms with Crippen LogP contribution in [0.25, 0.3) is 0 Å². The maximum absolute atomic E-state index is 11.6. The average Bonchev–Trinajstić information content (AvgIpc) is 2.99. The van der Waals surface area contributed by atoms with Crippen LogP contribution in [0.2, 0.25) is 5.02 Å². The molecule has 1 unspecified atom stereocenters. The molecule has 0 fully saturated rings. The standard InChI is InChI=1S/C18H22ClN3O3S/c1-5-9-22-17(20-21-18(22)26-11-16(23)24-6-2)13(4)25-15-8-7-14(19)10-12(15)3/h5,7-8,10,13H,1,6,9,11H2,2-4H3. The third kappa shape index (κ3) is 5.25. The molecule has 0 saturated heterocycles. The number of hydrogen-bond acceptors (Lipinski definition) is 6. The van der Waals surface area contributed by atoms with Gasteiger partial charge in [-0.05, 0) is 44.5 Å². The summed E-state index contributed by atoms with van der Waals surface area (Å²) in [4.78, 5) is 11.6. The number of ether oxygens (including phenoxy) is 2. The predicted molar refractivity (Wildman–Crippen MR) is 103 cm³/mol. The quantitative estimate of drug-likeness (QED) is 0.360. The van der Waals surface area contributed by atoms with Gasteiger partial charge in [-0.3, -0.25) is 9.36 Å². The molecule has 8 heteroatoms. The van der Waals surface area contributed by atoms with Crippen LogP contribution < -0.4 is 4.74 Å². The molecule has 2 aromatic rings. The van der Waals surface area contributed by atoms with Crippen molar-refractivity contribution in [2.45, 2.75) is 38.6 Å². The van der Waals surface area contributed by atoms with Crippen LogP contribution in [0.5, 0.6) is 5.75 Å². The number of carbonyl (C=O) groups excluding carboxylic acids is 1. The highest BCUT2D eigenvalue weighted by atomic mass is 35.5. The molecular formula is C18H22ClN3O3S. The van der Waals surface area contributed by atoms with E-state index in [4.69, 9.17) is 21.1 Å². The third-order valence-electron chi connectivity index (χ3n) is 3.49. The van der Waals surface area contributed by atoms with Crippen molar-refractivity contribution < 1.29 is 14.3 Å². The molecule has 1 aromatic carbocycles. The van der Waals surface area contributed by atoms with Gasteiger partial charge < -0.3 is 9.47 Å². The molecule has 0 aliphatic carbocycles. The summed E-state index contributed by atoms with van der Waals surface area (Å²) in [5.74, 6) is 1.28. The van der Waals surface area contributed by atoms with Crippen molar-refractivity contribution >= 4 is 29.3 Å². The fraction of sp³-hybridized carbons (Fsp3) is 0.389. The number of benzene rings is 1. The van der Waals surface area contributed by atoms with Crippen molar-refractivity contribution in [3.8, 4) is 5.75 Å². The Labute approximate surface area is 162 Å². The molecule has 0 amide bonds. The SMILES string of the molecule is C=CCn1c(SCC(=O)OCC)nnc1C(C)Oc1ccc(Cl)cc1C. The Morgan fingerprint density at radius 2 is 2.23 bits per heavy atom. The van der Waals surface area contributed by atoms with E-state index in [1.807, 2.05) is 30.5 Å². The predicted octanol–water partition coefficient (Wildman–Crippen LogP) is 4.22. The fourth-order valence-electron chi connectivity index (χ4n) is 2.32. The molecule has 0 aliphatic heterocycles. The van der Waals surface area contributed by atoms with Crippen molar-refractivity contribution in [1.82, 2.24) is 14.8 Å². The second-order valence-corrected chi connectivity index (χ2v) is 6.88. The fourth-order valence-corrected chi connectivity index (χ4v) is 3.30. The number of nitrogens with zero attached hydrogens (tertiary/aromatic N) is 3. The van der Waals surface area contributed by atoms with E-state index in [0.717, 1.165) is 11.3 Å². The van der Waals surface area contributed by atoms with Crippen molar-refractivity contribution in [2.75, 3.05) is 12.4 Å². The van der Waals surface area contributed by atoms with Gasteiger partial charge in [0.05, 0.1) is 12.4 Å².